The highest BCUT2D eigenvalue weighted by Crippen LogP contribution is 2.25. The molecule has 0 spiro atoms. The van der Waals surface area contributed by atoms with Gasteiger partial charge in [-0.05, 0) is 31.2 Å². The van der Waals surface area contributed by atoms with E-state index < -0.39 is 0 Å². The van der Waals surface area contributed by atoms with E-state index in [1.807, 2.05) is 55.5 Å². The maximum Gasteiger partial charge on any atom is 0.262 e. The lowest BCUT2D eigenvalue weighted by molar-refractivity contribution is 0.102. The van der Waals surface area contributed by atoms with Crippen LogP contribution in [0.25, 0.3) is 11.0 Å². The second-order valence-corrected chi connectivity index (χ2v) is 6.71. The van der Waals surface area contributed by atoms with E-state index in [0.29, 0.717) is 34.3 Å². The zero-order valence-electron chi connectivity index (χ0n) is 15.1. The SMILES string of the molecule is CCOc1cccc2cc(C(=O)Nc3nccs3)c(=Nc3ccccc3)oc12. The van der Waals surface area contributed by atoms with Gasteiger partial charge < -0.3 is 9.15 Å². The summed E-state index contributed by atoms with van der Waals surface area (Å²) in [5.41, 5.74) is 1.76. The molecule has 0 saturated carbocycles. The van der Waals surface area contributed by atoms with Crippen LogP contribution in [-0.4, -0.2) is 17.5 Å². The highest BCUT2D eigenvalue weighted by molar-refractivity contribution is 7.13. The first-order valence-electron chi connectivity index (χ1n) is 8.75. The number of carbonyl (C=O) groups excluding carboxylic acids is 1. The smallest absolute Gasteiger partial charge is 0.262 e. The van der Waals surface area contributed by atoms with Crippen molar-refractivity contribution in [2.75, 3.05) is 11.9 Å². The molecule has 0 aliphatic heterocycles. The summed E-state index contributed by atoms with van der Waals surface area (Å²) in [6, 6.07) is 16.7. The summed E-state index contributed by atoms with van der Waals surface area (Å²) in [4.78, 5) is 21.5. The van der Waals surface area contributed by atoms with Crippen LogP contribution in [0.5, 0.6) is 5.75 Å². The Kier molecular flexibility index (Phi) is 5.16. The van der Waals surface area contributed by atoms with Crippen LogP contribution < -0.4 is 15.6 Å². The number of hydrogen-bond donors (Lipinski definition) is 1. The lowest BCUT2D eigenvalue weighted by atomic mass is 10.1. The van der Waals surface area contributed by atoms with E-state index in [2.05, 4.69) is 15.3 Å². The molecule has 0 aliphatic rings. The number of fused-ring (bicyclic) bond motifs is 1. The Morgan fingerprint density at radius 2 is 2.07 bits per heavy atom. The van der Waals surface area contributed by atoms with Crippen LogP contribution >= 0.6 is 11.3 Å². The average Bonchev–Trinajstić information content (AvgIpc) is 3.22. The molecule has 7 heteroatoms. The molecule has 2 heterocycles. The molecule has 0 unspecified atom stereocenters. The van der Waals surface area contributed by atoms with Gasteiger partial charge in [0.15, 0.2) is 16.5 Å². The first-order chi connectivity index (χ1) is 13.7. The van der Waals surface area contributed by atoms with Crippen LogP contribution in [0.3, 0.4) is 0 Å². The standard InChI is InChI=1S/C21H17N3O3S/c1-2-26-17-10-6-7-14-13-16(19(25)24-21-22-11-12-28-21)20(27-18(14)17)23-15-8-4-3-5-9-15/h3-13H,2H2,1H3,(H,22,24,25). The minimum atomic E-state index is -0.336. The van der Waals surface area contributed by atoms with Crippen molar-refractivity contribution < 1.29 is 13.9 Å². The largest absolute Gasteiger partial charge is 0.490 e. The van der Waals surface area contributed by atoms with Crippen molar-refractivity contribution in [1.82, 2.24) is 4.98 Å². The number of nitrogens with zero attached hydrogens (tertiary/aromatic N) is 2. The highest BCUT2D eigenvalue weighted by atomic mass is 32.1. The van der Waals surface area contributed by atoms with E-state index >= 15 is 0 Å². The Morgan fingerprint density at radius 3 is 2.82 bits per heavy atom. The van der Waals surface area contributed by atoms with Crippen molar-refractivity contribution in [2.24, 2.45) is 4.99 Å². The van der Waals surface area contributed by atoms with E-state index in [-0.39, 0.29) is 11.5 Å². The van der Waals surface area contributed by atoms with E-state index in [0.717, 1.165) is 5.39 Å². The summed E-state index contributed by atoms with van der Waals surface area (Å²) in [5.74, 6) is 0.272. The maximum absolute atomic E-state index is 12.9. The van der Waals surface area contributed by atoms with Gasteiger partial charge in [0.1, 0.15) is 5.56 Å². The number of amides is 1. The summed E-state index contributed by atoms with van der Waals surface area (Å²) in [7, 11) is 0. The Hall–Kier alpha value is -3.45. The Bertz CT molecular complexity index is 1170. The molecule has 6 nitrogen and oxygen atoms in total. The summed E-state index contributed by atoms with van der Waals surface area (Å²) in [6.07, 6.45) is 1.63. The third-order valence-corrected chi connectivity index (χ3v) is 4.61. The van der Waals surface area contributed by atoms with Crippen LogP contribution in [0.15, 0.2) is 75.6 Å². The molecule has 0 atom stereocenters. The molecule has 0 bridgehead atoms. The van der Waals surface area contributed by atoms with Crippen LogP contribution in [-0.2, 0) is 0 Å². The number of para-hydroxylation sites is 2. The molecular formula is C21H17N3O3S. The van der Waals surface area contributed by atoms with Gasteiger partial charge in [0, 0.05) is 17.0 Å². The number of thiazole rings is 1. The second-order valence-electron chi connectivity index (χ2n) is 5.81. The Balaban J connectivity index is 1.90. The monoisotopic (exact) mass is 391 g/mol. The molecule has 0 aliphatic carbocycles. The number of carbonyl (C=O) groups is 1. The van der Waals surface area contributed by atoms with Crippen molar-refractivity contribution in [1.29, 1.82) is 0 Å². The normalized spacial score (nSPS) is 11.5. The van der Waals surface area contributed by atoms with Gasteiger partial charge in [-0.3, -0.25) is 10.1 Å². The van der Waals surface area contributed by atoms with Gasteiger partial charge in [0.25, 0.3) is 5.91 Å². The molecule has 1 amide bonds. The summed E-state index contributed by atoms with van der Waals surface area (Å²) < 4.78 is 11.7. The quantitative estimate of drug-likeness (QED) is 0.531. The average molecular weight is 391 g/mol. The van der Waals surface area contributed by atoms with E-state index in [1.165, 1.54) is 11.3 Å². The predicted molar refractivity (Wildman–Crippen MR) is 109 cm³/mol. The lowest BCUT2D eigenvalue weighted by Gasteiger charge is -2.09. The first kappa shape index (κ1) is 17.9. The number of hydrogen-bond acceptors (Lipinski definition) is 6. The number of benzene rings is 2. The Labute approximate surface area is 165 Å². The van der Waals surface area contributed by atoms with Crippen molar-refractivity contribution in [3.8, 4) is 5.75 Å². The minimum absolute atomic E-state index is 0.208. The zero-order chi connectivity index (χ0) is 19.3. The molecule has 28 heavy (non-hydrogen) atoms. The summed E-state index contributed by atoms with van der Waals surface area (Å²) in [5, 5.41) is 5.85. The van der Waals surface area contributed by atoms with Gasteiger partial charge in [-0.2, -0.15) is 0 Å². The van der Waals surface area contributed by atoms with Crippen LogP contribution in [0, 0.1) is 0 Å². The van der Waals surface area contributed by atoms with Gasteiger partial charge in [-0.15, -0.1) is 11.3 Å². The van der Waals surface area contributed by atoms with Gasteiger partial charge in [-0.1, -0.05) is 30.3 Å². The maximum atomic E-state index is 12.9. The van der Waals surface area contributed by atoms with Crippen LogP contribution in [0.2, 0.25) is 0 Å². The number of nitrogens with one attached hydrogen (secondary N) is 1. The number of ether oxygens (including phenoxy) is 1. The lowest BCUT2D eigenvalue weighted by Crippen LogP contribution is -2.21. The fourth-order valence-electron chi connectivity index (χ4n) is 2.71. The number of anilines is 1. The van der Waals surface area contributed by atoms with Gasteiger partial charge in [-0.25, -0.2) is 9.98 Å². The van der Waals surface area contributed by atoms with Crippen molar-refractivity contribution >= 4 is 39.0 Å². The molecule has 4 rings (SSSR count). The van der Waals surface area contributed by atoms with Crippen molar-refractivity contribution in [3.05, 3.63) is 77.3 Å². The molecule has 140 valence electrons. The fraction of sp³-hybridized carbons (Fsp3) is 0.0952. The number of aromatic nitrogens is 1. The third kappa shape index (κ3) is 3.79. The van der Waals surface area contributed by atoms with Gasteiger partial charge >= 0.3 is 0 Å². The molecule has 0 radical (unpaired) electrons. The summed E-state index contributed by atoms with van der Waals surface area (Å²) >= 11 is 1.34. The summed E-state index contributed by atoms with van der Waals surface area (Å²) in [6.45, 7) is 2.41. The molecular weight excluding hydrogens is 374 g/mol. The first-order valence-corrected chi connectivity index (χ1v) is 9.63. The van der Waals surface area contributed by atoms with Gasteiger partial charge in [0.2, 0.25) is 5.55 Å². The molecule has 2 aromatic carbocycles. The Morgan fingerprint density at radius 1 is 1.21 bits per heavy atom. The van der Waals surface area contributed by atoms with Crippen LogP contribution in [0.1, 0.15) is 17.3 Å². The molecule has 1 N–H and O–H groups in total. The fourth-order valence-corrected chi connectivity index (χ4v) is 3.23. The number of rotatable bonds is 5. The van der Waals surface area contributed by atoms with E-state index in [4.69, 9.17) is 9.15 Å². The van der Waals surface area contributed by atoms with Crippen molar-refractivity contribution in [3.63, 3.8) is 0 Å². The van der Waals surface area contributed by atoms with E-state index in [9.17, 15) is 4.79 Å². The van der Waals surface area contributed by atoms with Crippen LogP contribution in [0.4, 0.5) is 10.8 Å². The highest BCUT2D eigenvalue weighted by Gasteiger charge is 2.16. The predicted octanol–water partition coefficient (Wildman–Crippen LogP) is 4.77. The zero-order valence-corrected chi connectivity index (χ0v) is 15.9. The topological polar surface area (TPSA) is 76.7 Å². The third-order valence-electron chi connectivity index (χ3n) is 3.92. The molecule has 4 aromatic rings. The molecule has 0 saturated heterocycles. The molecule has 0 fully saturated rings. The van der Waals surface area contributed by atoms with Crippen molar-refractivity contribution in [2.45, 2.75) is 6.92 Å². The second kappa shape index (κ2) is 8.06. The van der Waals surface area contributed by atoms with Gasteiger partial charge in [0.05, 0.1) is 12.3 Å². The van der Waals surface area contributed by atoms with E-state index in [1.54, 1.807) is 17.6 Å². The molecule has 2 aromatic heterocycles. The minimum Gasteiger partial charge on any atom is -0.490 e.